The molecule has 0 radical (unpaired) electrons. The maximum absolute atomic E-state index is 5.79. The van der Waals surface area contributed by atoms with Gasteiger partial charge in [-0.2, -0.15) is 0 Å². The van der Waals surface area contributed by atoms with Crippen LogP contribution >= 0.6 is 0 Å². The molecule has 6 heteroatoms. The van der Waals surface area contributed by atoms with Crippen LogP contribution in [-0.2, 0) is 4.74 Å². The van der Waals surface area contributed by atoms with E-state index in [0.717, 1.165) is 56.4 Å². The zero-order valence-electron chi connectivity index (χ0n) is 15.6. The molecule has 1 fully saturated rings. The van der Waals surface area contributed by atoms with Crippen LogP contribution in [-0.4, -0.2) is 51.5 Å². The highest BCUT2D eigenvalue weighted by molar-refractivity contribution is 5.79. The van der Waals surface area contributed by atoms with Crippen molar-refractivity contribution in [2.75, 3.05) is 40.0 Å². The first-order valence-corrected chi connectivity index (χ1v) is 9.08. The van der Waals surface area contributed by atoms with Gasteiger partial charge in [0, 0.05) is 25.8 Å². The third-order valence-corrected chi connectivity index (χ3v) is 4.14. The summed E-state index contributed by atoms with van der Waals surface area (Å²) in [4.78, 5) is 4.66. The van der Waals surface area contributed by atoms with Crippen molar-refractivity contribution >= 4 is 5.96 Å². The Hall–Kier alpha value is -1.95. The predicted octanol–water partition coefficient (Wildman–Crippen LogP) is 2.59. The van der Waals surface area contributed by atoms with Crippen molar-refractivity contribution < 1.29 is 14.2 Å². The van der Waals surface area contributed by atoms with Crippen LogP contribution in [0.25, 0.3) is 0 Å². The predicted molar refractivity (Wildman–Crippen MR) is 101 cm³/mol. The molecular formula is C19H31N3O3. The number of rotatable bonds is 9. The van der Waals surface area contributed by atoms with Crippen LogP contribution in [0.5, 0.6) is 11.5 Å². The monoisotopic (exact) mass is 349 g/mol. The summed E-state index contributed by atoms with van der Waals surface area (Å²) < 4.78 is 16.7. The molecule has 25 heavy (non-hydrogen) atoms. The molecule has 1 atom stereocenters. The van der Waals surface area contributed by atoms with E-state index in [9.17, 15) is 0 Å². The van der Waals surface area contributed by atoms with Crippen molar-refractivity contribution in [2.24, 2.45) is 4.99 Å². The smallest absolute Gasteiger partial charge is 0.191 e. The fourth-order valence-corrected chi connectivity index (χ4v) is 2.71. The molecule has 0 bridgehead atoms. The van der Waals surface area contributed by atoms with Crippen molar-refractivity contribution in [2.45, 2.75) is 38.7 Å². The summed E-state index contributed by atoms with van der Waals surface area (Å²) in [6.07, 6.45) is 3.08. The van der Waals surface area contributed by atoms with Gasteiger partial charge in [0.05, 0.1) is 25.9 Å². The summed E-state index contributed by atoms with van der Waals surface area (Å²) in [5.41, 5.74) is -0.113. The fourth-order valence-electron chi connectivity index (χ4n) is 2.71. The van der Waals surface area contributed by atoms with E-state index in [1.807, 2.05) is 24.3 Å². The molecule has 1 aromatic carbocycles. The fraction of sp³-hybridized carbons (Fsp3) is 0.632. The van der Waals surface area contributed by atoms with Crippen LogP contribution in [0, 0.1) is 0 Å². The summed E-state index contributed by atoms with van der Waals surface area (Å²) >= 11 is 0. The molecule has 0 saturated carbocycles. The van der Waals surface area contributed by atoms with Gasteiger partial charge in [-0.3, -0.25) is 4.99 Å². The van der Waals surface area contributed by atoms with Crippen molar-refractivity contribution in [1.29, 1.82) is 0 Å². The van der Waals surface area contributed by atoms with Gasteiger partial charge in [-0.25, -0.2) is 0 Å². The van der Waals surface area contributed by atoms with E-state index in [4.69, 9.17) is 14.2 Å². The first-order chi connectivity index (χ1) is 12.1. The molecule has 0 spiro atoms. The summed E-state index contributed by atoms with van der Waals surface area (Å²) in [7, 11) is 1.65. The van der Waals surface area contributed by atoms with Crippen molar-refractivity contribution in [3.8, 4) is 11.5 Å². The number of ether oxygens (including phenoxy) is 3. The molecule has 6 nitrogen and oxygen atoms in total. The van der Waals surface area contributed by atoms with E-state index in [-0.39, 0.29) is 5.60 Å². The van der Waals surface area contributed by atoms with Gasteiger partial charge in [-0.15, -0.1) is 0 Å². The van der Waals surface area contributed by atoms with E-state index in [1.165, 1.54) is 0 Å². The summed E-state index contributed by atoms with van der Waals surface area (Å²) in [6.45, 7) is 8.00. The second kappa shape index (κ2) is 10.1. The molecule has 1 aliphatic heterocycles. The third kappa shape index (κ3) is 6.82. The first kappa shape index (κ1) is 19.4. The van der Waals surface area contributed by atoms with Crippen molar-refractivity contribution in [3.63, 3.8) is 0 Å². The molecule has 2 N–H and O–H groups in total. The lowest BCUT2D eigenvalue weighted by Gasteiger charge is -2.21. The molecule has 0 aromatic heterocycles. The summed E-state index contributed by atoms with van der Waals surface area (Å²) in [5.74, 6) is 2.46. The Labute approximate surface area is 151 Å². The van der Waals surface area contributed by atoms with Crippen molar-refractivity contribution in [3.05, 3.63) is 24.3 Å². The molecule has 1 aromatic rings. The molecule has 2 rings (SSSR count). The number of nitrogens with one attached hydrogen (secondary N) is 2. The normalized spacial score (nSPS) is 20.4. The van der Waals surface area contributed by atoms with Gasteiger partial charge in [-0.1, -0.05) is 6.07 Å². The first-order valence-electron chi connectivity index (χ1n) is 9.08. The zero-order chi connectivity index (χ0) is 18.0. The Morgan fingerprint density at radius 2 is 2.16 bits per heavy atom. The SMILES string of the molecule is CCNC(=NCC1(C)CCCO1)NCCCOc1cccc(OC)c1. The number of guanidine groups is 1. The Bertz CT molecular complexity index is 542. The standard InChI is InChI=1S/C19H31N3O3/c1-4-20-18(22-15-19(2)10-6-13-25-19)21-11-7-12-24-17-9-5-8-16(14-17)23-3/h5,8-9,14H,4,6-7,10-13,15H2,1-3H3,(H2,20,21,22). The minimum absolute atomic E-state index is 0.113. The summed E-state index contributed by atoms with van der Waals surface area (Å²) in [6, 6.07) is 7.65. The number of aliphatic imine (C=N–C) groups is 1. The second-order valence-corrected chi connectivity index (χ2v) is 6.40. The highest BCUT2D eigenvalue weighted by Gasteiger charge is 2.29. The highest BCUT2D eigenvalue weighted by atomic mass is 16.5. The Morgan fingerprint density at radius 1 is 1.32 bits per heavy atom. The zero-order valence-corrected chi connectivity index (χ0v) is 15.6. The average molecular weight is 349 g/mol. The third-order valence-electron chi connectivity index (χ3n) is 4.14. The topological polar surface area (TPSA) is 64.1 Å². The Morgan fingerprint density at radius 3 is 2.88 bits per heavy atom. The number of hydrogen-bond acceptors (Lipinski definition) is 4. The molecule has 1 aliphatic rings. The van der Waals surface area contributed by atoms with Crippen molar-refractivity contribution in [1.82, 2.24) is 10.6 Å². The maximum Gasteiger partial charge on any atom is 0.191 e. The van der Waals surface area contributed by atoms with Crippen LogP contribution in [0.1, 0.15) is 33.1 Å². The van der Waals surface area contributed by atoms with E-state index in [2.05, 4.69) is 29.5 Å². The van der Waals surface area contributed by atoms with E-state index < -0.39 is 0 Å². The quantitative estimate of drug-likeness (QED) is 0.408. The largest absolute Gasteiger partial charge is 0.497 e. The number of nitrogens with zero attached hydrogens (tertiary/aromatic N) is 1. The molecule has 140 valence electrons. The van der Waals surface area contributed by atoms with Gasteiger partial charge in [0.2, 0.25) is 0 Å². The van der Waals surface area contributed by atoms with E-state index in [1.54, 1.807) is 7.11 Å². The average Bonchev–Trinajstić information content (AvgIpc) is 3.06. The van der Waals surface area contributed by atoms with Crippen LogP contribution in [0.15, 0.2) is 29.3 Å². The molecule has 1 saturated heterocycles. The van der Waals surface area contributed by atoms with Crippen LogP contribution in [0.3, 0.4) is 0 Å². The van der Waals surface area contributed by atoms with Gasteiger partial charge >= 0.3 is 0 Å². The lowest BCUT2D eigenvalue weighted by atomic mass is 10.0. The number of benzene rings is 1. The van der Waals surface area contributed by atoms with Gasteiger partial charge in [0.25, 0.3) is 0 Å². The van der Waals surface area contributed by atoms with Crippen LogP contribution in [0.4, 0.5) is 0 Å². The molecule has 1 unspecified atom stereocenters. The maximum atomic E-state index is 5.79. The van der Waals surface area contributed by atoms with Gasteiger partial charge < -0.3 is 24.8 Å². The van der Waals surface area contributed by atoms with Crippen LogP contribution < -0.4 is 20.1 Å². The second-order valence-electron chi connectivity index (χ2n) is 6.40. The highest BCUT2D eigenvalue weighted by Crippen LogP contribution is 2.25. The summed E-state index contributed by atoms with van der Waals surface area (Å²) in [5, 5.41) is 6.62. The molecular weight excluding hydrogens is 318 g/mol. The minimum Gasteiger partial charge on any atom is -0.497 e. The minimum atomic E-state index is -0.113. The molecule has 0 amide bonds. The molecule has 0 aliphatic carbocycles. The van der Waals surface area contributed by atoms with Gasteiger partial charge in [-0.05, 0) is 45.2 Å². The van der Waals surface area contributed by atoms with E-state index in [0.29, 0.717) is 13.2 Å². The number of hydrogen-bond donors (Lipinski definition) is 2. The van der Waals surface area contributed by atoms with Gasteiger partial charge in [0.1, 0.15) is 11.5 Å². The van der Waals surface area contributed by atoms with Gasteiger partial charge in [0.15, 0.2) is 5.96 Å². The van der Waals surface area contributed by atoms with E-state index >= 15 is 0 Å². The Kier molecular flexibility index (Phi) is 7.85. The Balaban J connectivity index is 1.69. The lowest BCUT2D eigenvalue weighted by molar-refractivity contribution is 0.0283. The molecule has 1 heterocycles. The lowest BCUT2D eigenvalue weighted by Crippen LogP contribution is -2.39. The number of methoxy groups -OCH3 is 1. The van der Waals surface area contributed by atoms with Crippen LogP contribution in [0.2, 0.25) is 0 Å².